The van der Waals surface area contributed by atoms with Crippen LogP contribution >= 0.6 is 7.82 Å². The molecule has 0 saturated carbocycles. The van der Waals surface area contributed by atoms with Gasteiger partial charge in [0.1, 0.15) is 6.10 Å². The largest absolute Gasteiger partial charge is 0.469 e. The van der Waals surface area contributed by atoms with Crippen molar-refractivity contribution in [3.63, 3.8) is 0 Å². The third-order valence-corrected chi connectivity index (χ3v) is 2.93. The molecular weight excluding hydrogens is 335 g/mol. The van der Waals surface area contributed by atoms with Gasteiger partial charge >= 0.3 is 7.82 Å². The second-order valence-corrected chi connectivity index (χ2v) is 5.55. The van der Waals surface area contributed by atoms with E-state index >= 15 is 0 Å². The van der Waals surface area contributed by atoms with Gasteiger partial charge in [-0.2, -0.15) is 4.89 Å². The zero-order valence-corrected chi connectivity index (χ0v) is 13.3. The molecule has 0 heterocycles. The molecule has 0 amide bonds. The highest BCUT2D eigenvalue weighted by Crippen LogP contribution is 2.36. The molecule has 0 aromatic heterocycles. The second-order valence-electron chi connectivity index (χ2n) is 4.32. The normalized spacial score (nSPS) is 13.0. The van der Waals surface area contributed by atoms with Gasteiger partial charge in [-0.05, 0) is 28.6 Å². The van der Waals surface area contributed by atoms with E-state index in [0.717, 1.165) is 12.8 Å². The van der Waals surface area contributed by atoms with Crippen LogP contribution in [0, 0.1) is 0 Å². The summed E-state index contributed by atoms with van der Waals surface area (Å²) < 4.78 is 15.0. The fraction of sp³-hybridized carbons (Fsp3) is 0.500. The monoisotopic (exact) mass is 354 g/mol. The number of hydrogen-bond acceptors (Lipinski definition) is 8. The van der Waals surface area contributed by atoms with Crippen molar-refractivity contribution < 1.29 is 48.8 Å². The van der Waals surface area contributed by atoms with Gasteiger partial charge in [-0.25, -0.2) is 4.57 Å². The van der Waals surface area contributed by atoms with E-state index in [4.69, 9.17) is 14.7 Å². The Kier molecular flexibility index (Phi) is 9.96. The van der Waals surface area contributed by atoms with Crippen molar-refractivity contribution in [2.45, 2.75) is 32.3 Å². The lowest BCUT2D eigenvalue weighted by molar-refractivity contribution is -0.748. The van der Waals surface area contributed by atoms with Crippen molar-refractivity contribution in [3.8, 4) is 5.75 Å². The maximum absolute atomic E-state index is 10.6. The Morgan fingerprint density at radius 3 is 2.43 bits per heavy atom. The van der Waals surface area contributed by atoms with E-state index in [0.29, 0.717) is 12.2 Å². The Hall–Kier alpha value is -1.07. The Labute approximate surface area is 132 Å². The minimum atomic E-state index is -4.59. The molecule has 0 aliphatic rings. The van der Waals surface area contributed by atoms with E-state index in [9.17, 15) is 4.57 Å². The van der Waals surface area contributed by atoms with Crippen LogP contribution in [0.15, 0.2) is 30.3 Å². The molecule has 1 atom stereocenters. The van der Waals surface area contributed by atoms with Gasteiger partial charge in [0.05, 0.1) is 6.61 Å². The molecule has 0 fully saturated rings. The van der Waals surface area contributed by atoms with Crippen LogP contribution in [0.2, 0.25) is 0 Å². The molecule has 11 heteroatoms. The molecule has 0 saturated heterocycles. The molecule has 1 aromatic rings. The summed E-state index contributed by atoms with van der Waals surface area (Å²) in [5, 5.41) is 16.6. The van der Waals surface area contributed by atoms with E-state index in [1.807, 2.05) is 6.92 Å². The van der Waals surface area contributed by atoms with Gasteiger partial charge in [0.25, 0.3) is 0 Å². The first kappa shape index (κ1) is 20.0. The van der Waals surface area contributed by atoms with Crippen LogP contribution in [0.3, 0.4) is 0 Å². The van der Waals surface area contributed by atoms with Crippen molar-refractivity contribution >= 4 is 7.82 Å². The summed E-state index contributed by atoms with van der Waals surface area (Å²) in [5.74, 6) is 0.368. The third kappa shape index (κ3) is 11.2. The van der Waals surface area contributed by atoms with Crippen LogP contribution < -0.4 is 4.89 Å². The molecule has 10 nitrogen and oxygen atoms in total. The van der Waals surface area contributed by atoms with E-state index in [-0.39, 0.29) is 6.61 Å². The highest BCUT2D eigenvalue weighted by atomic mass is 31.2. The zero-order valence-electron chi connectivity index (χ0n) is 12.4. The first-order chi connectivity index (χ1) is 11.0. The van der Waals surface area contributed by atoms with Crippen molar-refractivity contribution in [2.24, 2.45) is 0 Å². The van der Waals surface area contributed by atoms with Gasteiger partial charge in [-0.3, -0.25) is 4.52 Å². The molecule has 0 aliphatic carbocycles. The number of phosphoric acid groups is 1. The highest BCUT2D eigenvalue weighted by Gasteiger charge is 2.19. The molecule has 0 aliphatic heterocycles. The van der Waals surface area contributed by atoms with Gasteiger partial charge in [-0.1, -0.05) is 38.0 Å². The summed E-state index contributed by atoms with van der Waals surface area (Å²) in [5.41, 5.74) is 0. The Balaban J connectivity index is 2.14. The molecule has 1 unspecified atom stereocenters. The smallest absolute Gasteiger partial charge is 0.306 e. The van der Waals surface area contributed by atoms with Crippen LogP contribution in [0.25, 0.3) is 0 Å². The maximum Gasteiger partial charge on any atom is 0.469 e. The Morgan fingerprint density at radius 2 is 1.78 bits per heavy atom. The SMILES string of the molecule is CCCCC(COP(=O)(O)O)OOOOOOc1ccccc1. The highest BCUT2D eigenvalue weighted by molar-refractivity contribution is 7.46. The predicted octanol–water partition coefficient (Wildman–Crippen LogP) is 2.39. The van der Waals surface area contributed by atoms with Crippen LogP contribution in [-0.2, 0) is 34.1 Å². The zero-order chi connectivity index (χ0) is 17.0. The lowest BCUT2D eigenvalue weighted by Gasteiger charge is -2.14. The summed E-state index contributed by atoms with van der Waals surface area (Å²) in [4.78, 5) is 26.7. The summed E-state index contributed by atoms with van der Waals surface area (Å²) in [7, 11) is -4.59. The molecule has 2 N–H and O–H groups in total. The van der Waals surface area contributed by atoms with Crippen LogP contribution in [0.5, 0.6) is 5.75 Å². The van der Waals surface area contributed by atoms with Crippen molar-refractivity contribution in [1.82, 2.24) is 0 Å². The number of benzene rings is 1. The second kappa shape index (κ2) is 11.5. The van der Waals surface area contributed by atoms with Gasteiger partial charge in [0, 0.05) is 10.1 Å². The summed E-state index contributed by atoms with van der Waals surface area (Å²) >= 11 is 0. The van der Waals surface area contributed by atoms with E-state index in [2.05, 4.69) is 29.6 Å². The van der Waals surface area contributed by atoms with E-state index in [1.165, 1.54) is 0 Å². The molecule has 0 bridgehead atoms. The third-order valence-electron chi connectivity index (χ3n) is 2.44. The van der Waals surface area contributed by atoms with Crippen molar-refractivity contribution in [3.05, 3.63) is 30.3 Å². The minimum Gasteiger partial charge on any atom is -0.306 e. The van der Waals surface area contributed by atoms with E-state index in [1.54, 1.807) is 30.3 Å². The lowest BCUT2D eigenvalue weighted by Crippen LogP contribution is -2.20. The molecule has 0 spiro atoms. The Bertz CT molecular complexity index is 450. The Morgan fingerprint density at radius 1 is 1.09 bits per heavy atom. The minimum absolute atomic E-state index is 0.368. The van der Waals surface area contributed by atoms with Crippen molar-refractivity contribution in [2.75, 3.05) is 6.61 Å². The number of phosphoric ester groups is 1. The number of rotatable bonds is 13. The first-order valence-corrected chi connectivity index (χ1v) is 8.29. The summed E-state index contributed by atoms with van der Waals surface area (Å²) in [6.45, 7) is 1.56. The first-order valence-electron chi connectivity index (χ1n) is 6.76. The summed E-state index contributed by atoms with van der Waals surface area (Å²) in [6.07, 6.45) is 1.25. The number of para-hydroxylation sites is 1. The molecule has 23 heavy (non-hydrogen) atoms. The molecular formula is C12H19O10P. The van der Waals surface area contributed by atoms with E-state index < -0.39 is 13.9 Å². The van der Waals surface area contributed by atoms with Gasteiger partial charge in [-0.15, -0.1) is 0 Å². The molecule has 132 valence electrons. The molecule has 1 aromatic carbocycles. The number of unbranched alkanes of at least 4 members (excludes halogenated alkanes) is 1. The fourth-order valence-corrected chi connectivity index (χ4v) is 1.76. The van der Waals surface area contributed by atoms with Crippen LogP contribution in [0.4, 0.5) is 0 Å². The lowest BCUT2D eigenvalue weighted by atomic mass is 10.2. The number of hydrogen-bond donors (Lipinski definition) is 2. The predicted molar refractivity (Wildman–Crippen MR) is 73.8 cm³/mol. The maximum atomic E-state index is 10.6. The summed E-state index contributed by atoms with van der Waals surface area (Å²) in [6, 6.07) is 8.45. The average molecular weight is 354 g/mol. The van der Waals surface area contributed by atoms with Gasteiger partial charge < -0.3 is 14.7 Å². The quantitative estimate of drug-likeness (QED) is 0.236. The molecule has 1 rings (SSSR count). The van der Waals surface area contributed by atoms with Crippen LogP contribution in [0.1, 0.15) is 26.2 Å². The standard InChI is InChI=1S/C12H19O10P/c1-2-3-7-12(10-16-23(13,14)15)18-20-22-21-19-17-11-8-5-4-6-9-11/h4-6,8-9,12H,2-3,7,10H2,1H3,(H2,13,14,15). The topological polar surface area (TPSA) is 122 Å². The van der Waals surface area contributed by atoms with Gasteiger partial charge in [0.15, 0.2) is 5.75 Å². The fourth-order valence-electron chi connectivity index (χ4n) is 1.39. The molecule has 0 radical (unpaired) electrons. The average Bonchev–Trinajstić information content (AvgIpc) is 2.52. The van der Waals surface area contributed by atoms with Crippen LogP contribution in [-0.4, -0.2) is 22.5 Å². The van der Waals surface area contributed by atoms with Crippen molar-refractivity contribution in [1.29, 1.82) is 0 Å². The van der Waals surface area contributed by atoms with Gasteiger partial charge in [0.2, 0.25) is 0 Å².